The first-order chi connectivity index (χ1) is 9.67. The van der Waals surface area contributed by atoms with E-state index in [0.29, 0.717) is 0 Å². The van der Waals surface area contributed by atoms with Crippen molar-refractivity contribution in [2.75, 3.05) is 7.11 Å². The Balaban J connectivity index is 2.83. The predicted molar refractivity (Wildman–Crippen MR) is 81.9 cm³/mol. The van der Waals surface area contributed by atoms with E-state index in [2.05, 4.69) is 6.92 Å². The Bertz CT molecular complexity index is 470. The van der Waals surface area contributed by atoms with Crippen molar-refractivity contribution < 1.29 is 14.6 Å². The predicted octanol–water partition coefficient (Wildman–Crippen LogP) is 4.30. The van der Waals surface area contributed by atoms with Crippen LogP contribution >= 0.6 is 0 Å². The molecule has 3 heteroatoms. The van der Waals surface area contributed by atoms with Gasteiger partial charge in [-0.1, -0.05) is 43.7 Å². The highest BCUT2D eigenvalue weighted by Crippen LogP contribution is 2.23. The van der Waals surface area contributed by atoms with Gasteiger partial charge in [-0.25, -0.2) is 0 Å². The van der Waals surface area contributed by atoms with Gasteiger partial charge in [0.25, 0.3) is 0 Å². The molecule has 0 saturated carbocycles. The lowest BCUT2D eigenvalue weighted by molar-refractivity contribution is -0.136. The molecule has 1 aromatic rings. The SMILES string of the molecule is CCCC/C(=C\C=C\CC(=O)O)c1ccc(OC)cc1. The van der Waals surface area contributed by atoms with E-state index in [0.717, 1.165) is 30.6 Å². The van der Waals surface area contributed by atoms with E-state index in [9.17, 15) is 4.79 Å². The number of allylic oxidation sites excluding steroid dienone is 3. The third kappa shape index (κ3) is 5.74. The van der Waals surface area contributed by atoms with Crippen molar-refractivity contribution in [3.63, 3.8) is 0 Å². The van der Waals surface area contributed by atoms with Crippen LogP contribution in [0.1, 0.15) is 38.2 Å². The summed E-state index contributed by atoms with van der Waals surface area (Å²) in [4.78, 5) is 10.5. The first-order valence-electron chi connectivity index (χ1n) is 6.89. The molecule has 0 unspecified atom stereocenters. The van der Waals surface area contributed by atoms with Crippen LogP contribution < -0.4 is 4.74 Å². The number of hydrogen-bond acceptors (Lipinski definition) is 2. The van der Waals surface area contributed by atoms with Gasteiger partial charge in [0.15, 0.2) is 0 Å². The lowest BCUT2D eigenvalue weighted by Crippen LogP contribution is -1.90. The van der Waals surface area contributed by atoms with Gasteiger partial charge in [-0.05, 0) is 36.1 Å². The van der Waals surface area contributed by atoms with E-state index in [4.69, 9.17) is 9.84 Å². The number of carboxylic acids is 1. The van der Waals surface area contributed by atoms with Gasteiger partial charge in [0, 0.05) is 0 Å². The first-order valence-corrected chi connectivity index (χ1v) is 6.89. The molecule has 0 aliphatic carbocycles. The molecule has 1 N–H and O–H groups in total. The second-order valence-corrected chi connectivity index (χ2v) is 4.55. The van der Waals surface area contributed by atoms with Crippen LogP contribution in [0.15, 0.2) is 42.5 Å². The highest BCUT2D eigenvalue weighted by molar-refractivity contribution is 5.70. The molecule has 0 aliphatic heterocycles. The van der Waals surface area contributed by atoms with Gasteiger partial charge in [0.2, 0.25) is 0 Å². The van der Waals surface area contributed by atoms with Crippen LogP contribution in [0.5, 0.6) is 5.75 Å². The molecule has 0 radical (unpaired) electrons. The highest BCUT2D eigenvalue weighted by Gasteiger charge is 2.01. The number of carbonyl (C=O) groups is 1. The maximum Gasteiger partial charge on any atom is 0.307 e. The highest BCUT2D eigenvalue weighted by atomic mass is 16.5. The number of hydrogen-bond donors (Lipinski definition) is 1. The third-order valence-corrected chi connectivity index (χ3v) is 2.99. The number of methoxy groups -OCH3 is 1. The zero-order valence-electron chi connectivity index (χ0n) is 12.1. The van der Waals surface area contributed by atoms with E-state index in [1.165, 1.54) is 5.57 Å². The lowest BCUT2D eigenvalue weighted by atomic mass is 9.99. The Morgan fingerprint density at radius 3 is 2.55 bits per heavy atom. The molecular formula is C17H22O3. The zero-order chi connectivity index (χ0) is 14.8. The Morgan fingerprint density at radius 2 is 2.00 bits per heavy atom. The lowest BCUT2D eigenvalue weighted by Gasteiger charge is -2.07. The molecule has 108 valence electrons. The molecule has 0 aliphatic rings. The minimum Gasteiger partial charge on any atom is -0.497 e. The van der Waals surface area contributed by atoms with Crippen LogP contribution in [-0.2, 0) is 4.79 Å². The number of carboxylic acid groups (broad SMARTS) is 1. The molecule has 0 atom stereocenters. The quantitative estimate of drug-likeness (QED) is 0.719. The van der Waals surface area contributed by atoms with Crippen LogP contribution in [0.4, 0.5) is 0 Å². The Labute approximate surface area is 120 Å². The van der Waals surface area contributed by atoms with Gasteiger partial charge in [0.1, 0.15) is 5.75 Å². The van der Waals surface area contributed by atoms with Crippen molar-refractivity contribution >= 4 is 11.5 Å². The summed E-state index contributed by atoms with van der Waals surface area (Å²) in [5.74, 6) is 0.0271. The van der Waals surface area contributed by atoms with Crippen molar-refractivity contribution in [3.8, 4) is 5.75 Å². The number of rotatable bonds is 8. The third-order valence-electron chi connectivity index (χ3n) is 2.99. The van der Waals surface area contributed by atoms with Crippen LogP contribution in [-0.4, -0.2) is 18.2 Å². The summed E-state index contributed by atoms with van der Waals surface area (Å²) in [5, 5.41) is 8.61. The topological polar surface area (TPSA) is 46.5 Å². The molecule has 0 spiro atoms. The van der Waals surface area contributed by atoms with E-state index in [-0.39, 0.29) is 6.42 Å². The molecular weight excluding hydrogens is 252 g/mol. The molecule has 0 amide bonds. The van der Waals surface area contributed by atoms with E-state index >= 15 is 0 Å². The molecule has 0 aromatic heterocycles. The van der Waals surface area contributed by atoms with Crippen LogP contribution in [0.2, 0.25) is 0 Å². The number of unbranched alkanes of at least 4 members (excludes halogenated alkanes) is 1. The van der Waals surface area contributed by atoms with Crippen molar-refractivity contribution in [2.24, 2.45) is 0 Å². The van der Waals surface area contributed by atoms with Gasteiger partial charge in [-0.15, -0.1) is 0 Å². The molecule has 3 nitrogen and oxygen atoms in total. The summed E-state index contributed by atoms with van der Waals surface area (Å²) in [6.45, 7) is 2.16. The Morgan fingerprint density at radius 1 is 1.30 bits per heavy atom. The largest absolute Gasteiger partial charge is 0.497 e. The van der Waals surface area contributed by atoms with Crippen molar-refractivity contribution in [1.82, 2.24) is 0 Å². The van der Waals surface area contributed by atoms with Crippen molar-refractivity contribution in [1.29, 1.82) is 0 Å². The normalized spacial score (nSPS) is 11.8. The Hall–Kier alpha value is -2.03. The van der Waals surface area contributed by atoms with Crippen LogP contribution in [0.3, 0.4) is 0 Å². The van der Waals surface area contributed by atoms with Gasteiger partial charge in [-0.2, -0.15) is 0 Å². The van der Waals surface area contributed by atoms with Gasteiger partial charge in [0.05, 0.1) is 13.5 Å². The van der Waals surface area contributed by atoms with Crippen molar-refractivity contribution in [2.45, 2.75) is 32.6 Å². The molecule has 1 rings (SSSR count). The molecule has 20 heavy (non-hydrogen) atoms. The summed E-state index contributed by atoms with van der Waals surface area (Å²) in [5.41, 5.74) is 2.37. The summed E-state index contributed by atoms with van der Waals surface area (Å²) in [7, 11) is 1.65. The average Bonchev–Trinajstić information content (AvgIpc) is 2.46. The fraction of sp³-hybridized carbons (Fsp3) is 0.353. The first kappa shape index (κ1) is 16.0. The minimum atomic E-state index is -0.811. The van der Waals surface area contributed by atoms with E-state index < -0.39 is 5.97 Å². The Kier molecular flexibility index (Phi) is 7.18. The fourth-order valence-electron chi connectivity index (χ4n) is 1.85. The van der Waals surface area contributed by atoms with Gasteiger partial charge >= 0.3 is 5.97 Å². The maximum atomic E-state index is 10.5. The second-order valence-electron chi connectivity index (χ2n) is 4.55. The second kappa shape index (κ2) is 8.97. The average molecular weight is 274 g/mol. The molecule has 0 fully saturated rings. The van der Waals surface area contributed by atoms with E-state index in [1.807, 2.05) is 36.4 Å². The molecule has 0 saturated heterocycles. The number of ether oxygens (including phenoxy) is 1. The summed E-state index contributed by atoms with van der Waals surface area (Å²) < 4.78 is 5.16. The molecule has 1 aromatic carbocycles. The number of aliphatic carboxylic acids is 1. The van der Waals surface area contributed by atoms with Crippen LogP contribution in [0, 0.1) is 0 Å². The molecule has 0 heterocycles. The smallest absolute Gasteiger partial charge is 0.307 e. The van der Waals surface area contributed by atoms with E-state index in [1.54, 1.807) is 13.2 Å². The maximum absolute atomic E-state index is 10.5. The standard InChI is InChI=1S/C17H22O3/c1-3-4-7-14(8-5-6-9-17(18)19)15-10-12-16(20-2)13-11-15/h5-6,8,10-13H,3-4,7,9H2,1-2H3,(H,18,19)/b6-5+,14-8+. The van der Waals surface area contributed by atoms with Crippen LogP contribution in [0.25, 0.3) is 5.57 Å². The summed E-state index contributed by atoms with van der Waals surface area (Å²) >= 11 is 0. The van der Waals surface area contributed by atoms with Gasteiger partial charge in [-0.3, -0.25) is 4.79 Å². The fourth-order valence-corrected chi connectivity index (χ4v) is 1.85. The monoisotopic (exact) mass is 274 g/mol. The summed E-state index contributed by atoms with van der Waals surface area (Å²) in [6, 6.07) is 7.95. The minimum absolute atomic E-state index is 0.0557. The number of benzene rings is 1. The van der Waals surface area contributed by atoms with Gasteiger partial charge < -0.3 is 9.84 Å². The molecule has 0 bridgehead atoms. The van der Waals surface area contributed by atoms with Crippen molar-refractivity contribution in [3.05, 3.63) is 48.1 Å². The zero-order valence-corrected chi connectivity index (χ0v) is 12.1. The summed E-state index contributed by atoms with van der Waals surface area (Å²) in [6.07, 6.45) is 8.78.